The van der Waals surface area contributed by atoms with Gasteiger partial charge in [-0.2, -0.15) is 5.10 Å². The van der Waals surface area contributed by atoms with Crippen molar-refractivity contribution in [1.82, 2.24) is 19.7 Å². The molecule has 4 heteroatoms. The molecule has 0 saturated heterocycles. The molecule has 1 N–H and O–H groups in total. The molecule has 4 rings (SSSR count). The van der Waals surface area contributed by atoms with Gasteiger partial charge in [0.15, 0.2) is 0 Å². The van der Waals surface area contributed by atoms with Crippen molar-refractivity contribution in [3.05, 3.63) is 61.2 Å². The highest BCUT2D eigenvalue weighted by Gasteiger charge is 2.12. The fourth-order valence-electron chi connectivity index (χ4n) is 2.64. The summed E-state index contributed by atoms with van der Waals surface area (Å²) in [7, 11) is 1.95. The molecule has 0 aliphatic rings. The molecule has 1 aromatic carbocycles. The van der Waals surface area contributed by atoms with Gasteiger partial charge in [0.1, 0.15) is 5.69 Å². The number of H-pyrrole nitrogens is 1. The normalized spacial score (nSPS) is 11.1. The fraction of sp³-hybridized carbons (Fsp3) is 0.0588. The SMILES string of the molecule is Cn1cc(-c2ccc3[nH]ccc3c2)c(-c2ccncc2)n1. The molecule has 0 bridgehead atoms. The third kappa shape index (κ3) is 2.01. The summed E-state index contributed by atoms with van der Waals surface area (Å²) in [5, 5.41) is 5.81. The van der Waals surface area contributed by atoms with Crippen molar-refractivity contribution in [2.45, 2.75) is 0 Å². The van der Waals surface area contributed by atoms with E-state index < -0.39 is 0 Å². The Morgan fingerprint density at radius 1 is 1.00 bits per heavy atom. The van der Waals surface area contributed by atoms with E-state index >= 15 is 0 Å². The molecular weight excluding hydrogens is 260 g/mol. The Morgan fingerprint density at radius 2 is 1.86 bits per heavy atom. The second-order valence-corrected chi connectivity index (χ2v) is 5.08. The van der Waals surface area contributed by atoms with Gasteiger partial charge in [0.25, 0.3) is 0 Å². The van der Waals surface area contributed by atoms with Crippen LogP contribution in [-0.4, -0.2) is 19.7 Å². The Labute approximate surface area is 122 Å². The Balaban J connectivity index is 1.92. The molecule has 21 heavy (non-hydrogen) atoms. The number of hydrogen-bond donors (Lipinski definition) is 1. The van der Waals surface area contributed by atoms with E-state index in [2.05, 4.69) is 45.5 Å². The largest absolute Gasteiger partial charge is 0.361 e. The van der Waals surface area contributed by atoms with Gasteiger partial charge < -0.3 is 4.98 Å². The van der Waals surface area contributed by atoms with E-state index in [9.17, 15) is 0 Å². The lowest BCUT2D eigenvalue weighted by Crippen LogP contribution is -1.87. The van der Waals surface area contributed by atoms with Gasteiger partial charge in [-0.15, -0.1) is 0 Å². The average Bonchev–Trinajstić information content (AvgIpc) is 3.13. The molecule has 0 spiro atoms. The smallest absolute Gasteiger partial charge is 0.100 e. The number of fused-ring (bicyclic) bond motifs is 1. The fourth-order valence-corrected chi connectivity index (χ4v) is 2.64. The lowest BCUT2D eigenvalue weighted by Gasteiger charge is -2.03. The van der Waals surface area contributed by atoms with E-state index in [1.807, 2.05) is 30.1 Å². The summed E-state index contributed by atoms with van der Waals surface area (Å²) in [6.45, 7) is 0. The first-order valence-electron chi connectivity index (χ1n) is 6.83. The maximum atomic E-state index is 4.61. The molecular formula is C17H14N4. The summed E-state index contributed by atoms with van der Waals surface area (Å²) in [6.07, 6.45) is 7.61. The van der Waals surface area contributed by atoms with Crippen LogP contribution in [-0.2, 0) is 7.05 Å². The summed E-state index contributed by atoms with van der Waals surface area (Å²) in [6, 6.07) is 12.5. The summed E-state index contributed by atoms with van der Waals surface area (Å²) in [4.78, 5) is 7.30. The highest BCUT2D eigenvalue weighted by molar-refractivity contribution is 5.88. The first-order chi connectivity index (χ1) is 10.3. The lowest BCUT2D eigenvalue weighted by atomic mass is 10.0. The third-order valence-electron chi connectivity index (χ3n) is 3.65. The first-order valence-corrected chi connectivity index (χ1v) is 6.83. The van der Waals surface area contributed by atoms with Crippen LogP contribution in [0.1, 0.15) is 0 Å². The number of aryl methyl sites for hydroxylation is 1. The Kier molecular flexibility index (Phi) is 2.60. The van der Waals surface area contributed by atoms with Gasteiger partial charge in [0, 0.05) is 48.5 Å². The van der Waals surface area contributed by atoms with Crippen LogP contribution in [0.15, 0.2) is 61.2 Å². The molecule has 0 saturated carbocycles. The molecule has 102 valence electrons. The van der Waals surface area contributed by atoms with Gasteiger partial charge in [-0.05, 0) is 41.3 Å². The van der Waals surface area contributed by atoms with Crippen LogP contribution in [0.5, 0.6) is 0 Å². The summed E-state index contributed by atoms with van der Waals surface area (Å²) < 4.78 is 1.85. The average molecular weight is 274 g/mol. The molecule has 3 aromatic heterocycles. The van der Waals surface area contributed by atoms with E-state index in [1.54, 1.807) is 12.4 Å². The Bertz CT molecular complexity index is 903. The van der Waals surface area contributed by atoms with Crippen LogP contribution >= 0.6 is 0 Å². The number of nitrogens with one attached hydrogen (secondary N) is 1. The minimum atomic E-state index is 0.981. The van der Waals surface area contributed by atoms with Crippen molar-refractivity contribution >= 4 is 10.9 Å². The third-order valence-corrected chi connectivity index (χ3v) is 3.65. The van der Waals surface area contributed by atoms with E-state index in [-0.39, 0.29) is 0 Å². The molecule has 0 unspecified atom stereocenters. The van der Waals surface area contributed by atoms with Gasteiger partial charge in [-0.25, -0.2) is 0 Å². The number of nitrogens with zero attached hydrogens (tertiary/aromatic N) is 3. The van der Waals surface area contributed by atoms with Crippen molar-refractivity contribution in [2.24, 2.45) is 7.05 Å². The number of aromatic amines is 1. The number of pyridine rings is 1. The van der Waals surface area contributed by atoms with Crippen molar-refractivity contribution < 1.29 is 0 Å². The van der Waals surface area contributed by atoms with Crippen molar-refractivity contribution in [1.29, 1.82) is 0 Å². The zero-order valence-corrected chi connectivity index (χ0v) is 11.6. The zero-order valence-electron chi connectivity index (χ0n) is 11.6. The van der Waals surface area contributed by atoms with Crippen LogP contribution in [0, 0.1) is 0 Å². The number of rotatable bonds is 2. The predicted molar refractivity (Wildman–Crippen MR) is 83.7 cm³/mol. The molecule has 0 atom stereocenters. The second kappa shape index (κ2) is 4.59. The minimum absolute atomic E-state index is 0.981. The number of benzene rings is 1. The van der Waals surface area contributed by atoms with Gasteiger partial charge >= 0.3 is 0 Å². The lowest BCUT2D eigenvalue weighted by molar-refractivity contribution is 0.771. The molecule has 0 radical (unpaired) electrons. The quantitative estimate of drug-likeness (QED) is 0.606. The second-order valence-electron chi connectivity index (χ2n) is 5.08. The van der Waals surface area contributed by atoms with Gasteiger partial charge in [-0.3, -0.25) is 9.67 Å². The molecule has 4 nitrogen and oxygen atoms in total. The standard InChI is InChI=1S/C17H14N4/c1-21-11-15(17(20-21)12-4-7-18-8-5-12)13-2-3-16-14(10-13)6-9-19-16/h2-11,19H,1H3. The highest BCUT2D eigenvalue weighted by Crippen LogP contribution is 2.32. The topological polar surface area (TPSA) is 46.5 Å². The van der Waals surface area contributed by atoms with E-state index in [0.29, 0.717) is 0 Å². The van der Waals surface area contributed by atoms with Crippen molar-refractivity contribution in [3.63, 3.8) is 0 Å². The van der Waals surface area contributed by atoms with Crippen LogP contribution in [0.4, 0.5) is 0 Å². The number of aromatic nitrogens is 4. The Morgan fingerprint density at radius 3 is 2.71 bits per heavy atom. The zero-order chi connectivity index (χ0) is 14.2. The van der Waals surface area contributed by atoms with Crippen LogP contribution in [0.3, 0.4) is 0 Å². The minimum Gasteiger partial charge on any atom is -0.361 e. The summed E-state index contributed by atoms with van der Waals surface area (Å²) in [5.74, 6) is 0. The molecule has 0 aliphatic carbocycles. The molecule has 3 heterocycles. The molecule has 0 amide bonds. The highest BCUT2D eigenvalue weighted by atomic mass is 15.2. The van der Waals surface area contributed by atoms with Crippen LogP contribution < -0.4 is 0 Å². The van der Waals surface area contributed by atoms with Crippen LogP contribution in [0.25, 0.3) is 33.3 Å². The predicted octanol–water partition coefficient (Wildman–Crippen LogP) is 3.63. The Hall–Kier alpha value is -2.88. The molecule has 0 fully saturated rings. The number of hydrogen-bond acceptors (Lipinski definition) is 2. The summed E-state index contributed by atoms with van der Waals surface area (Å²) in [5.41, 5.74) is 5.51. The first kappa shape index (κ1) is 11.9. The molecule has 4 aromatic rings. The monoisotopic (exact) mass is 274 g/mol. The van der Waals surface area contributed by atoms with E-state index in [4.69, 9.17) is 0 Å². The van der Waals surface area contributed by atoms with Crippen molar-refractivity contribution in [3.8, 4) is 22.4 Å². The van der Waals surface area contributed by atoms with Crippen LogP contribution in [0.2, 0.25) is 0 Å². The van der Waals surface area contributed by atoms with Gasteiger partial charge in [0.05, 0.1) is 0 Å². The molecule has 0 aliphatic heterocycles. The van der Waals surface area contributed by atoms with Crippen molar-refractivity contribution in [2.75, 3.05) is 0 Å². The van der Waals surface area contributed by atoms with E-state index in [0.717, 1.165) is 22.3 Å². The maximum Gasteiger partial charge on any atom is 0.100 e. The van der Waals surface area contributed by atoms with Gasteiger partial charge in [0.2, 0.25) is 0 Å². The summed E-state index contributed by atoms with van der Waals surface area (Å²) >= 11 is 0. The van der Waals surface area contributed by atoms with E-state index in [1.165, 1.54) is 10.9 Å². The maximum absolute atomic E-state index is 4.61. The van der Waals surface area contributed by atoms with Gasteiger partial charge in [-0.1, -0.05) is 6.07 Å².